The van der Waals surface area contributed by atoms with E-state index in [0.29, 0.717) is 10.9 Å². The van der Waals surface area contributed by atoms with Gasteiger partial charge in [-0.2, -0.15) is 0 Å². The molecule has 5 nitrogen and oxygen atoms in total. The van der Waals surface area contributed by atoms with E-state index < -0.39 is 0 Å². The molecule has 0 unspecified atom stereocenters. The highest BCUT2D eigenvalue weighted by molar-refractivity contribution is 9.10. The third-order valence-corrected chi connectivity index (χ3v) is 5.00. The molecule has 1 heterocycles. The van der Waals surface area contributed by atoms with E-state index in [1.807, 2.05) is 31.2 Å². The Kier molecular flexibility index (Phi) is 5.90. The summed E-state index contributed by atoms with van der Waals surface area (Å²) < 4.78 is 11.6. The number of thiazole rings is 1. The van der Waals surface area contributed by atoms with Crippen molar-refractivity contribution in [3.63, 3.8) is 0 Å². The number of rotatable bonds is 6. The molecule has 0 aliphatic heterocycles. The minimum Gasteiger partial charge on any atom is -0.497 e. The first-order valence-corrected chi connectivity index (χ1v) is 9.46. The third-order valence-electron chi connectivity index (χ3n) is 3.59. The summed E-state index contributed by atoms with van der Waals surface area (Å²) >= 11 is 4.86. The Balaban J connectivity index is 1.60. The van der Waals surface area contributed by atoms with Gasteiger partial charge < -0.3 is 9.47 Å². The number of benzene rings is 2. The van der Waals surface area contributed by atoms with Gasteiger partial charge in [-0.15, -0.1) is 11.3 Å². The first-order valence-electron chi connectivity index (χ1n) is 7.85. The van der Waals surface area contributed by atoms with Crippen LogP contribution in [-0.4, -0.2) is 24.6 Å². The van der Waals surface area contributed by atoms with E-state index in [-0.39, 0.29) is 12.5 Å². The number of aromatic nitrogens is 1. The fraction of sp³-hybridized carbons (Fsp3) is 0.158. The second-order valence-electron chi connectivity index (χ2n) is 5.44. The lowest BCUT2D eigenvalue weighted by Crippen LogP contribution is -2.20. The second-order valence-corrected chi connectivity index (χ2v) is 7.56. The number of hydrogen-bond acceptors (Lipinski definition) is 5. The maximum atomic E-state index is 12.1. The predicted octanol–water partition coefficient (Wildman–Crippen LogP) is 4.91. The number of amides is 1. The average molecular weight is 433 g/mol. The van der Waals surface area contributed by atoms with E-state index in [1.165, 1.54) is 11.3 Å². The number of nitrogens with zero attached hydrogens (tertiary/aromatic N) is 1. The van der Waals surface area contributed by atoms with E-state index in [4.69, 9.17) is 9.47 Å². The van der Waals surface area contributed by atoms with E-state index in [1.54, 1.807) is 31.4 Å². The largest absolute Gasteiger partial charge is 0.497 e. The summed E-state index contributed by atoms with van der Waals surface area (Å²) in [4.78, 5) is 17.7. The molecule has 0 radical (unpaired) electrons. The van der Waals surface area contributed by atoms with Crippen LogP contribution in [0.25, 0.3) is 11.3 Å². The Labute approximate surface area is 164 Å². The summed E-state index contributed by atoms with van der Waals surface area (Å²) in [5.41, 5.74) is 1.88. The van der Waals surface area contributed by atoms with Gasteiger partial charge in [-0.3, -0.25) is 10.1 Å². The second kappa shape index (κ2) is 8.33. The van der Waals surface area contributed by atoms with Gasteiger partial charge in [0, 0.05) is 14.9 Å². The molecule has 1 aromatic heterocycles. The summed E-state index contributed by atoms with van der Waals surface area (Å²) in [7, 11) is 1.60. The number of anilines is 1. The van der Waals surface area contributed by atoms with Crippen molar-refractivity contribution in [2.45, 2.75) is 6.92 Å². The highest BCUT2D eigenvalue weighted by Gasteiger charge is 2.12. The van der Waals surface area contributed by atoms with Gasteiger partial charge in [0.2, 0.25) is 0 Å². The predicted molar refractivity (Wildman–Crippen MR) is 107 cm³/mol. The molecule has 3 rings (SSSR count). The lowest BCUT2D eigenvalue weighted by atomic mass is 10.1. The number of nitrogens with one attached hydrogen (secondary N) is 1. The fourth-order valence-electron chi connectivity index (χ4n) is 2.30. The van der Waals surface area contributed by atoms with Gasteiger partial charge >= 0.3 is 0 Å². The molecule has 1 amide bonds. The average Bonchev–Trinajstić information content (AvgIpc) is 3.01. The topological polar surface area (TPSA) is 60.5 Å². The first kappa shape index (κ1) is 18.4. The molecule has 2 aromatic carbocycles. The van der Waals surface area contributed by atoms with Gasteiger partial charge in [-0.1, -0.05) is 28.1 Å². The number of ether oxygens (including phenoxy) is 2. The number of aryl methyl sites for hydroxylation is 1. The zero-order chi connectivity index (χ0) is 18.5. The molecular formula is C19H17BrN2O3S. The van der Waals surface area contributed by atoms with Crippen molar-refractivity contribution in [2.75, 3.05) is 19.0 Å². The van der Waals surface area contributed by atoms with Crippen LogP contribution in [0.2, 0.25) is 0 Å². The van der Waals surface area contributed by atoms with Crippen molar-refractivity contribution in [3.05, 3.63) is 57.9 Å². The molecule has 0 saturated heterocycles. The van der Waals surface area contributed by atoms with Crippen LogP contribution in [0.3, 0.4) is 0 Å². The van der Waals surface area contributed by atoms with Crippen LogP contribution in [0, 0.1) is 6.92 Å². The molecule has 134 valence electrons. The third kappa shape index (κ3) is 4.62. The number of carbonyl (C=O) groups excluding carboxylic acids is 1. The molecule has 3 aromatic rings. The quantitative estimate of drug-likeness (QED) is 0.601. The van der Waals surface area contributed by atoms with Crippen LogP contribution < -0.4 is 14.8 Å². The van der Waals surface area contributed by atoms with E-state index >= 15 is 0 Å². The molecular weight excluding hydrogens is 416 g/mol. The van der Waals surface area contributed by atoms with Crippen molar-refractivity contribution >= 4 is 38.3 Å². The van der Waals surface area contributed by atoms with Crippen LogP contribution in [0.15, 0.2) is 53.0 Å². The Morgan fingerprint density at radius 1 is 1.12 bits per heavy atom. The molecule has 0 bridgehead atoms. The van der Waals surface area contributed by atoms with Gasteiger partial charge in [0.15, 0.2) is 11.7 Å². The minimum absolute atomic E-state index is 0.0847. The summed E-state index contributed by atoms with van der Waals surface area (Å²) in [6, 6.07) is 15.0. The van der Waals surface area contributed by atoms with Crippen molar-refractivity contribution in [1.29, 1.82) is 0 Å². The highest BCUT2D eigenvalue weighted by Crippen LogP contribution is 2.31. The van der Waals surface area contributed by atoms with Crippen LogP contribution in [-0.2, 0) is 4.79 Å². The molecule has 0 saturated carbocycles. The fourth-order valence-corrected chi connectivity index (χ4v) is 3.42. The summed E-state index contributed by atoms with van der Waals surface area (Å²) in [5.74, 6) is 1.09. The molecule has 0 fully saturated rings. The van der Waals surface area contributed by atoms with Crippen molar-refractivity contribution < 1.29 is 14.3 Å². The summed E-state index contributed by atoms with van der Waals surface area (Å²) in [6.07, 6.45) is 0. The molecule has 0 aliphatic rings. The van der Waals surface area contributed by atoms with E-state index in [9.17, 15) is 4.79 Å². The molecule has 7 heteroatoms. The number of carbonyl (C=O) groups is 1. The standard InChI is InChI=1S/C19H17BrN2O3S/c1-12-18(13-3-5-14(20)6-4-13)22-19(26-12)21-17(23)11-25-16-9-7-15(24-2)8-10-16/h3-10H,11H2,1-2H3,(H,21,22,23). The lowest BCUT2D eigenvalue weighted by molar-refractivity contribution is -0.118. The number of methoxy groups -OCH3 is 1. The maximum absolute atomic E-state index is 12.1. The van der Waals surface area contributed by atoms with Crippen LogP contribution >= 0.6 is 27.3 Å². The van der Waals surface area contributed by atoms with Gasteiger partial charge in [0.05, 0.1) is 12.8 Å². The van der Waals surface area contributed by atoms with Gasteiger partial charge in [-0.25, -0.2) is 4.98 Å². The highest BCUT2D eigenvalue weighted by atomic mass is 79.9. The molecule has 1 N–H and O–H groups in total. The maximum Gasteiger partial charge on any atom is 0.264 e. The number of hydrogen-bond donors (Lipinski definition) is 1. The zero-order valence-electron chi connectivity index (χ0n) is 14.3. The van der Waals surface area contributed by atoms with Crippen molar-refractivity contribution in [3.8, 4) is 22.8 Å². The molecule has 0 aliphatic carbocycles. The van der Waals surface area contributed by atoms with Gasteiger partial charge in [-0.05, 0) is 43.3 Å². The van der Waals surface area contributed by atoms with E-state index in [2.05, 4.69) is 26.2 Å². The molecule has 0 spiro atoms. The SMILES string of the molecule is COc1ccc(OCC(=O)Nc2nc(-c3ccc(Br)cc3)c(C)s2)cc1. The smallest absolute Gasteiger partial charge is 0.264 e. The van der Waals surface area contributed by atoms with Gasteiger partial charge in [0.25, 0.3) is 5.91 Å². The normalized spacial score (nSPS) is 10.4. The number of halogens is 1. The Bertz CT molecular complexity index is 892. The van der Waals surface area contributed by atoms with Crippen LogP contribution in [0.1, 0.15) is 4.88 Å². The van der Waals surface area contributed by atoms with Crippen molar-refractivity contribution in [2.24, 2.45) is 0 Å². The zero-order valence-corrected chi connectivity index (χ0v) is 16.7. The summed E-state index contributed by atoms with van der Waals surface area (Å²) in [5, 5.41) is 3.35. The Hall–Kier alpha value is -2.38. The minimum atomic E-state index is -0.253. The first-order chi connectivity index (χ1) is 12.5. The van der Waals surface area contributed by atoms with Crippen LogP contribution in [0.5, 0.6) is 11.5 Å². The monoisotopic (exact) mass is 432 g/mol. The summed E-state index contributed by atoms with van der Waals surface area (Å²) in [6.45, 7) is 1.90. The lowest BCUT2D eigenvalue weighted by Gasteiger charge is -2.06. The molecule has 0 atom stereocenters. The van der Waals surface area contributed by atoms with Gasteiger partial charge in [0.1, 0.15) is 11.5 Å². The van der Waals surface area contributed by atoms with E-state index in [0.717, 1.165) is 26.4 Å². The Morgan fingerprint density at radius 2 is 1.77 bits per heavy atom. The van der Waals surface area contributed by atoms with Crippen molar-refractivity contribution in [1.82, 2.24) is 4.98 Å². The Morgan fingerprint density at radius 3 is 2.42 bits per heavy atom. The van der Waals surface area contributed by atoms with Crippen LogP contribution in [0.4, 0.5) is 5.13 Å². The molecule has 26 heavy (non-hydrogen) atoms.